The van der Waals surface area contributed by atoms with Crippen molar-refractivity contribution in [2.45, 2.75) is 25.9 Å². The van der Waals surface area contributed by atoms with Crippen molar-refractivity contribution in [1.29, 1.82) is 0 Å². The number of aromatic amines is 1. The van der Waals surface area contributed by atoms with E-state index in [-0.39, 0.29) is 11.7 Å². The van der Waals surface area contributed by atoms with Gasteiger partial charge in [-0.3, -0.25) is 9.69 Å². The van der Waals surface area contributed by atoms with Gasteiger partial charge >= 0.3 is 0 Å². The normalized spacial score (nSPS) is 27.1. The molecule has 0 aromatic carbocycles. The molecule has 7 nitrogen and oxygen atoms in total. The van der Waals surface area contributed by atoms with E-state index >= 15 is 0 Å². The zero-order valence-electron chi connectivity index (χ0n) is 9.71. The van der Waals surface area contributed by atoms with Gasteiger partial charge in [0.05, 0.1) is 0 Å². The van der Waals surface area contributed by atoms with Gasteiger partial charge in [-0.1, -0.05) is 0 Å². The van der Waals surface area contributed by atoms with E-state index in [2.05, 4.69) is 46.4 Å². The Balaban J connectivity index is 2.09. The molecule has 88 valence electrons. The number of carbonyl (C=O) groups excluding carboxylic acids is 1. The zero-order chi connectivity index (χ0) is 11.7. The van der Waals surface area contributed by atoms with Crippen LogP contribution >= 0.6 is 0 Å². The van der Waals surface area contributed by atoms with Gasteiger partial charge in [-0.15, -0.1) is 10.2 Å². The van der Waals surface area contributed by atoms with Crippen LogP contribution in [0.15, 0.2) is 0 Å². The first-order chi connectivity index (χ1) is 7.59. The van der Waals surface area contributed by atoms with Crippen molar-refractivity contribution in [3.05, 3.63) is 5.82 Å². The molecule has 1 aliphatic rings. The number of aromatic nitrogens is 4. The van der Waals surface area contributed by atoms with Crippen molar-refractivity contribution >= 4 is 5.91 Å². The molecule has 1 saturated heterocycles. The summed E-state index contributed by atoms with van der Waals surface area (Å²) in [6.45, 7) is 5.61. The fourth-order valence-corrected chi connectivity index (χ4v) is 1.96. The maximum Gasteiger partial charge on any atom is 0.295 e. The Morgan fingerprint density at radius 2 is 2.00 bits per heavy atom. The molecule has 2 heterocycles. The first-order valence-corrected chi connectivity index (χ1v) is 5.34. The number of nitrogens with zero attached hydrogens (tertiary/aromatic N) is 5. The largest absolute Gasteiger partial charge is 0.333 e. The van der Waals surface area contributed by atoms with Crippen molar-refractivity contribution in [2.24, 2.45) is 0 Å². The Hall–Kier alpha value is -1.50. The number of tetrazole rings is 1. The molecule has 0 radical (unpaired) electrons. The summed E-state index contributed by atoms with van der Waals surface area (Å²) in [4.78, 5) is 16.0. The predicted molar refractivity (Wildman–Crippen MR) is 56.8 cm³/mol. The maximum absolute atomic E-state index is 12.0. The van der Waals surface area contributed by atoms with E-state index < -0.39 is 0 Å². The van der Waals surface area contributed by atoms with Crippen LogP contribution in [-0.2, 0) is 0 Å². The average Bonchev–Trinajstić information content (AvgIpc) is 2.77. The fraction of sp³-hybridized carbons (Fsp3) is 0.778. The SMILES string of the molecule is CC1CN(C(=O)c2nn[nH]n2)CC(C)N1C. The summed E-state index contributed by atoms with van der Waals surface area (Å²) in [5.74, 6) is -0.00972. The Morgan fingerprint density at radius 3 is 2.50 bits per heavy atom. The summed E-state index contributed by atoms with van der Waals surface area (Å²) < 4.78 is 0. The van der Waals surface area contributed by atoms with Gasteiger partial charge in [0.1, 0.15) is 0 Å². The summed E-state index contributed by atoms with van der Waals surface area (Å²) >= 11 is 0. The van der Waals surface area contributed by atoms with E-state index in [1.54, 1.807) is 4.90 Å². The highest BCUT2D eigenvalue weighted by Crippen LogP contribution is 2.14. The molecule has 1 aliphatic heterocycles. The predicted octanol–water partition coefficient (Wildman–Crippen LogP) is -0.636. The molecule has 16 heavy (non-hydrogen) atoms. The molecule has 1 aromatic rings. The van der Waals surface area contributed by atoms with E-state index in [0.29, 0.717) is 25.2 Å². The van der Waals surface area contributed by atoms with Crippen LogP contribution in [0.4, 0.5) is 0 Å². The highest BCUT2D eigenvalue weighted by atomic mass is 16.2. The average molecular weight is 224 g/mol. The number of H-pyrrole nitrogens is 1. The molecular formula is C9H16N6O. The zero-order valence-corrected chi connectivity index (χ0v) is 9.71. The van der Waals surface area contributed by atoms with Crippen molar-refractivity contribution in [3.8, 4) is 0 Å². The topological polar surface area (TPSA) is 78.0 Å². The number of nitrogens with one attached hydrogen (secondary N) is 1. The third-order valence-electron chi connectivity index (χ3n) is 3.18. The molecule has 0 bridgehead atoms. The van der Waals surface area contributed by atoms with Crippen LogP contribution in [0.25, 0.3) is 0 Å². The molecule has 1 fully saturated rings. The quantitative estimate of drug-likeness (QED) is 0.686. The van der Waals surface area contributed by atoms with Gasteiger partial charge in [-0.05, 0) is 26.1 Å². The van der Waals surface area contributed by atoms with Gasteiger partial charge in [0, 0.05) is 25.2 Å². The highest BCUT2D eigenvalue weighted by Gasteiger charge is 2.31. The Morgan fingerprint density at radius 1 is 1.38 bits per heavy atom. The van der Waals surface area contributed by atoms with Crippen LogP contribution in [0.3, 0.4) is 0 Å². The molecular weight excluding hydrogens is 208 g/mol. The number of amides is 1. The smallest absolute Gasteiger partial charge is 0.295 e. The lowest BCUT2D eigenvalue weighted by atomic mass is 10.1. The minimum Gasteiger partial charge on any atom is -0.333 e. The highest BCUT2D eigenvalue weighted by molar-refractivity contribution is 5.90. The molecule has 2 atom stereocenters. The minimum absolute atomic E-state index is 0.143. The maximum atomic E-state index is 12.0. The number of piperazine rings is 1. The van der Waals surface area contributed by atoms with E-state index in [0.717, 1.165) is 0 Å². The van der Waals surface area contributed by atoms with Crippen LogP contribution in [0.2, 0.25) is 0 Å². The van der Waals surface area contributed by atoms with Gasteiger partial charge in [-0.2, -0.15) is 5.21 Å². The number of carbonyl (C=O) groups is 1. The van der Waals surface area contributed by atoms with E-state index in [1.807, 2.05) is 0 Å². The van der Waals surface area contributed by atoms with Crippen molar-refractivity contribution < 1.29 is 4.79 Å². The molecule has 7 heteroatoms. The third-order valence-corrected chi connectivity index (χ3v) is 3.18. The van der Waals surface area contributed by atoms with Crippen LogP contribution < -0.4 is 0 Å². The number of rotatable bonds is 1. The van der Waals surface area contributed by atoms with Gasteiger partial charge in [0.15, 0.2) is 0 Å². The first kappa shape index (κ1) is 11.0. The van der Waals surface area contributed by atoms with Crippen LogP contribution in [0, 0.1) is 0 Å². The number of hydrogen-bond acceptors (Lipinski definition) is 5. The monoisotopic (exact) mass is 224 g/mol. The second-order valence-corrected chi connectivity index (χ2v) is 4.31. The first-order valence-electron chi connectivity index (χ1n) is 5.34. The molecule has 0 spiro atoms. The summed E-state index contributed by atoms with van der Waals surface area (Å²) in [7, 11) is 2.07. The van der Waals surface area contributed by atoms with E-state index in [1.165, 1.54) is 0 Å². The molecule has 1 N–H and O–H groups in total. The van der Waals surface area contributed by atoms with Gasteiger partial charge in [-0.25, -0.2) is 0 Å². The van der Waals surface area contributed by atoms with Gasteiger partial charge in [0.25, 0.3) is 11.7 Å². The molecule has 0 saturated carbocycles. The molecule has 2 rings (SSSR count). The Bertz CT molecular complexity index is 352. The second kappa shape index (κ2) is 4.17. The van der Waals surface area contributed by atoms with Crippen molar-refractivity contribution in [2.75, 3.05) is 20.1 Å². The minimum atomic E-state index is -0.152. The van der Waals surface area contributed by atoms with Gasteiger partial charge in [0.2, 0.25) is 0 Å². The van der Waals surface area contributed by atoms with Crippen LogP contribution in [0.1, 0.15) is 24.5 Å². The number of likely N-dealkylation sites (N-methyl/N-ethyl adjacent to an activating group) is 1. The van der Waals surface area contributed by atoms with E-state index in [9.17, 15) is 4.79 Å². The molecule has 0 aliphatic carbocycles. The summed E-state index contributed by atoms with van der Waals surface area (Å²) in [5, 5.41) is 13.1. The van der Waals surface area contributed by atoms with Crippen LogP contribution in [0.5, 0.6) is 0 Å². The lowest BCUT2D eigenvalue weighted by Crippen LogP contribution is -2.56. The molecule has 2 unspecified atom stereocenters. The number of hydrogen-bond donors (Lipinski definition) is 1. The lowest BCUT2D eigenvalue weighted by Gasteiger charge is -2.41. The molecule has 1 aromatic heterocycles. The standard InChI is InChI=1S/C9H16N6O/c1-6-4-15(5-7(2)14(6)3)9(16)8-10-12-13-11-8/h6-7H,4-5H2,1-3H3,(H,10,11,12,13). The summed E-state index contributed by atoms with van der Waals surface area (Å²) in [6, 6.07) is 0.694. The summed E-state index contributed by atoms with van der Waals surface area (Å²) in [5.41, 5.74) is 0. The van der Waals surface area contributed by atoms with Crippen molar-refractivity contribution in [1.82, 2.24) is 30.4 Å². The Kier molecular flexibility index (Phi) is 2.86. The van der Waals surface area contributed by atoms with Crippen LogP contribution in [-0.4, -0.2) is 68.6 Å². The van der Waals surface area contributed by atoms with E-state index in [4.69, 9.17) is 0 Å². The third kappa shape index (κ3) is 1.90. The second-order valence-electron chi connectivity index (χ2n) is 4.31. The van der Waals surface area contributed by atoms with Gasteiger partial charge < -0.3 is 4.90 Å². The molecule has 1 amide bonds. The lowest BCUT2D eigenvalue weighted by molar-refractivity contribution is 0.0404. The fourth-order valence-electron chi connectivity index (χ4n) is 1.96. The van der Waals surface area contributed by atoms with Crippen molar-refractivity contribution in [3.63, 3.8) is 0 Å². The summed E-state index contributed by atoms with van der Waals surface area (Å²) in [6.07, 6.45) is 0. The Labute approximate surface area is 93.8 Å².